The van der Waals surface area contributed by atoms with Gasteiger partial charge in [0.25, 0.3) is 0 Å². The molecule has 2 aliphatic heterocycles. The van der Waals surface area contributed by atoms with E-state index in [-0.39, 0.29) is 24.0 Å². The molecule has 7 heteroatoms. The molecule has 1 aromatic rings. The van der Waals surface area contributed by atoms with Gasteiger partial charge in [-0.25, -0.2) is 0 Å². The molecule has 2 unspecified atom stereocenters. The molecular weight excluding hydrogens is 471 g/mol. The number of aliphatic imine (C=N–C) groups is 1. The molecule has 0 saturated carbocycles. The highest BCUT2D eigenvalue weighted by Gasteiger charge is 2.26. The van der Waals surface area contributed by atoms with Crippen LogP contribution in [0.1, 0.15) is 25.7 Å². The fourth-order valence-corrected chi connectivity index (χ4v) is 4.94. The molecular formula is C20H33IN4OS. The predicted molar refractivity (Wildman–Crippen MR) is 124 cm³/mol. The van der Waals surface area contributed by atoms with Gasteiger partial charge < -0.3 is 15.1 Å². The van der Waals surface area contributed by atoms with E-state index in [0.29, 0.717) is 12.3 Å². The largest absolute Gasteiger partial charge is 0.355 e. The first-order valence-corrected chi connectivity index (χ1v) is 11.2. The molecule has 5 nitrogen and oxygen atoms in total. The van der Waals surface area contributed by atoms with Crippen molar-refractivity contribution < 1.29 is 4.21 Å². The number of nitrogens with one attached hydrogen (secondary N) is 1. The summed E-state index contributed by atoms with van der Waals surface area (Å²) in [5.74, 6) is 2.30. The van der Waals surface area contributed by atoms with E-state index >= 15 is 0 Å². The molecule has 2 atom stereocenters. The van der Waals surface area contributed by atoms with E-state index in [0.717, 1.165) is 29.9 Å². The Balaban J connectivity index is 0.00000261. The summed E-state index contributed by atoms with van der Waals surface area (Å²) in [4.78, 5) is 10.3. The summed E-state index contributed by atoms with van der Waals surface area (Å²) < 4.78 is 12.3. The van der Waals surface area contributed by atoms with Crippen LogP contribution < -0.4 is 5.32 Å². The lowest BCUT2D eigenvalue weighted by molar-refractivity contribution is 0.198. The zero-order valence-corrected chi connectivity index (χ0v) is 19.5. The Hall–Kier alpha value is -0.670. The van der Waals surface area contributed by atoms with Gasteiger partial charge >= 0.3 is 0 Å². The number of likely N-dealkylation sites (tertiary alicyclic amines) is 2. The molecule has 3 rings (SSSR count). The van der Waals surface area contributed by atoms with Gasteiger partial charge in [-0.1, -0.05) is 24.6 Å². The van der Waals surface area contributed by atoms with Crippen molar-refractivity contribution in [2.24, 2.45) is 10.9 Å². The molecule has 152 valence electrons. The minimum atomic E-state index is -0.958. The van der Waals surface area contributed by atoms with Crippen LogP contribution in [0.15, 0.2) is 40.2 Å². The van der Waals surface area contributed by atoms with E-state index in [1.54, 1.807) is 0 Å². The van der Waals surface area contributed by atoms with Crippen LogP contribution in [-0.2, 0) is 10.8 Å². The molecule has 0 amide bonds. The number of hydrogen-bond donors (Lipinski definition) is 1. The van der Waals surface area contributed by atoms with E-state index in [1.807, 2.05) is 37.4 Å². The van der Waals surface area contributed by atoms with Gasteiger partial charge in [-0.2, -0.15) is 0 Å². The van der Waals surface area contributed by atoms with Gasteiger partial charge in [-0.05, 0) is 50.4 Å². The lowest BCUT2D eigenvalue weighted by Crippen LogP contribution is -2.42. The van der Waals surface area contributed by atoms with Crippen LogP contribution >= 0.6 is 24.0 Å². The van der Waals surface area contributed by atoms with Crippen molar-refractivity contribution in [2.75, 3.05) is 52.1 Å². The lowest BCUT2D eigenvalue weighted by Gasteiger charge is -2.29. The van der Waals surface area contributed by atoms with E-state index in [4.69, 9.17) is 0 Å². The summed E-state index contributed by atoms with van der Waals surface area (Å²) in [5.41, 5.74) is 0. The highest BCUT2D eigenvalue weighted by atomic mass is 127. The van der Waals surface area contributed by atoms with Crippen molar-refractivity contribution >= 4 is 40.7 Å². The first-order chi connectivity index (χ1) is 12.8. The molecule has 2 saturated heterocycles. The SMILES string of the molecule is CN=C(NCCS(=O)c1ccccc1)N1CCC(CN2CCCCC2)C1.I. The summed E-state index contributed by atoms with van der Waals surface area (Å²) in [6.45, 7) is 6.61. The van der Waals surface area contributed by atoms with Crippen molar-refractivity contribution in [3.05, 3.63) is 30.3 Å². The highest BCUT2D eigenvalue weighted by Crippen LogP contribution is 2.19. The number of halogens is 1. The van der Waals surface area contributed by atoms with Crippen LogP contribution in [0.2, 0.25) is 0 Å². The Labute approximate surface area is 183 Å². The summed E-state index contributed by atoms with van der Waals surface area (Å²) in [6.07, 6.45) is 5.36. The zero-order valence-electron chi connectivity index (χ0n) is 16.3. The van der Waals surface area contributed by atoms with Gasteiger partial charge in [0.2, 0.25) is 0 Å². The normalized spacial score (nSPS) is 22.3. The molecule has 0 radical (unpaired) electrons. The predicted octanol–water partition coefficient (Wildman–Crippen LogP) is 2.80. The van der Waals surface area contributed by atoms with Gasteiger partial charge in [-0.15, -0.1) is 24.0 Å². The maximum absolute atomic E-state index is 12.3. The fourth-order valence-electron chi connectivity index (χ4n) is 3.96. The maximum Gasteiger partial charge on any atom is 0.193 e. The first kappa shape index (κ1) is 22.6. The number of guanidine groups is 1. The van der Waals surface area contributed by atoms with E-state index in [9.17, 15) is 4.21 Å². The van der Waals surface area contributed by atoms with Crippen LogP contribution in [0.4, 0.5) is 0 Å². The molecule has 0 aromatic heterocycles. The smallest absolute Gasteiger partial charge is 0.193 e. The molecule has 2 heterocycles. The summed E-state index contributed by atoms with van der Waals surface area (Å²) in [5, 5.41) is 3.41. The first-order valence-electron chi connectivity index (χ1n) is 9.87. The monoisotopic (exact) mass is 504 g/mol. The molecule has 0 spiro atoms. The van der Waals surface area contributed by atoms with E-state index in [1.165, 1.54) is 45.3 Å². The Morgan fingerprint density at radius 3 is 2.63 bits per heavy atom. The number of piperidine rings is 1. The Morgan fingerprint density at radius 2 is 1.93 bits per heavy atom. The summed E-state index contributed by atoms with van der Waals surface area (Å²) in [7, 11) is 0.884. The third-order valence-electron chi connectivity index (χ3n) is 5.34. The molecule has 1 aromatic carbocycles. The second-order valence-corrected chi connectivity index (χ2v) is 8.87. The van der Waals surface area contributed by atoms with Crippen molar-refractivity contribution in [1.29, 1.82) is 0 Å². The third-order valence-corrected chi connectivity index (χ3v) is 6.71. The molecule has 27 heavy (non-hydrogen) atoms. The second-order valence-electron chi connectivity index (χ2n) is 7.30. The Bertz CT molecular complexity index is 607. The van der Waals surface area contributed by atoms with Crippen molar-refractivity contribution in [2.45, 2.75) is 30.6 Å². The molecule has 1 N–H and O–H groups in total. The van der Waals surface area contributed by atoms with Crippen molar-refractivity contribution in [3.8, 4) is 0 Å². The number of hydrogen-bond acceptors (Lipinski definition) is 3. The van der Waals surface area contributed by atoms with Crippen LogP contribution in [-0.4, -0.2) is 72.0 Å². The van der Waals surface area contributed by atoms with Crippen molar-refractivity contribution in [3.63, 3.8) is 0 Å². The van der Waals surface area contributed by atoms with Crippen molar-refractivity contribution in [1.82, 2.24) is 15.1 Å². The highest BCUT2D eigenvalue weighted by molar-refractivity contribution is 14.0. The lowest BCUT2D eigenvalue weighted by atomic mass is 10.1. The van der Waals surface area contributed by atoms with Gasteiger partial charge in [-0.3, -0.25) is 9.20 Å². The minimum Gasteiger partial charge on any atom is -0.355 e. The fraction of sp³-hybridized carbons (Fsp3) is 0.650. The van der Waals surface area contributed by atoms with E-state index < -0.39 is 10.8 Å². The average molecular weight is 504 g/mol. The number of rotatable bonds is 6. The van der Waals surface area contributed by atoms with Crippen LogP contribution in [0.3, 0.4) is 0 Å². The van der Waals surface area contributed by atoms with Crippen LogP contribution in [0, 0.1) is 5.92 Å². The third kappa shape index (κ3) is 7.02. The van der Waals surface area contributed by atoms with E-state index in [2.05, 4.69) is 20.1 Å². The summed E-state index contributed by atoms with van der Waals surface area (Å²) in [6, 6.07) is 9.68. The number of nitrogens with zero attached hydrogens (tertiary/aromatic N) is 3. The molecule has 0 bridgehead atoms. The zero-order chi connectivity index (χ0) is 18.2. The quantitative estimate of drug-likeness (QED) is 0.368. The Kier molecular flexibility index (Phi) is 10.1. The Morgan fingerprint density at radius 1 is 1.19 bits per heavy atom. The standard InChI is InChI=1S/C20H32N4OS.HI/c1-21-20(22-11-15-26(25)19-8-4-2-5-9-19)24-14-10-18(17-24)16-23-12-6-3-7-13-23;/h2,4-5,8-9,18H,3,6-7,10-17H2,1H3,(H,21,22);1H. The van der Waals surface area contributed by atoms with Gasteiger partial charge in [0.1, 0.15) is 0 Å². The molecule has 2 fully saturated rings. The van der Waals surface area contributed by atoms with Gasteiger partial charge in [0.15, 0.2) is 5.96 Å². The maximum atomic E-state index is 12.3. The minimum absolute atomic E-state index is 0. The number of benzene rings is 1. The molecule has 2 aliphatic rings. The topological polar surface area (TPSA) is 47.9 Å². The van der Waals surface area contributed by atoms with Crippen LogP contribution in [0.25, 0.3) is 0 Å². The molecule has 0 aliphatic carbocycles. The van der Waals surface area contributed by atoms with Gasteiger partial charge in [0, 0.05) is 43.9 Å². The van der Waals surface area contributed by atoms with Crippen LogP contribution in [0.5, 0.6) is 0 Å². The second kappa shape index (κ2) is 12.0. The van der Waals surface area contributed by atoms with Gasteiger partial charge in [0.05, 0.1) is 10.8 Å². The summed E-state index contributed by atoms with van der Waals surface area (Å²) >= 11 is 0. The average Bonchev–Trinajstić information content (AvgIpc) is 3.15.